The van der Waals surface area contributed by atoms with Gasteiger partial charge in [-0.3, -0.25) is 4.68 Å². The van der Waals surface area contributed by atoms with Crippen LogP contribution < -0.4 is 5.32 Å². The van der Waals surface area contributed by atoms with E-state index < -0.39 is 9.84 Å². The summed E-state index contributed by atoms with van der Waals surface area (Å²) in [5, 5.41) is 11.2. The van der Waals surface area contributed by atoms with E-state index in [-0.39, 0.29) is 5.75 Å². The second-order valence-corrected chi connectivity index (χ2v) is 6.94. The molecule has 0 atom stereocenters. The molecule has 17 heavy (non-hydrogen) atoms. The van der Waals surface area contributed by atoms with Gasteiger partial charge in [0.25, 0.3) is 0 Å². The number of nitrogens with zero attached hydrogens (tertiary/aromatic N) is 3. The lowest BCUT2D eigenvalue weighted by Crippen LogP contribution is -2.16. The van der Waals surface area contributed by atoms with Crippen LogP contribution in [-0.2, 0) is 22.9 Å². The minimum absolute atomic E-state index is 0.102. The van der Waals surface area contributed by atoms with Gasteiger partial charge in [0.05, 0.1) is 18.0 Å². The molecule has 1 N–H and O–H groups in total. The molecule has 0 aromatic carbocycles. The van der Waals surface area contributed by atoms with Gasteiger partial charge in [-0.2, -0.15) is 0 Å². The van der Waals surface area contributed by atoms with Crippen molar-refractivity contribution >= 4 is 9.84 Å². The second-order valence-electron chi connectivity index (χ2n) is 4.68. The van der Waals surface area contributed by atoms with E-state index in [1.807, 2.05) is 0 Å². The van der Waals surface area contributed by atoms with Crippen molar-refractivity contribution in [1.29, 1.82) is 0 Å². The molecular weight excluding hydrogens is 240 g/mol. The highest BCUT2D eigenvalue weighted by Crippen LogP contribution is 2.27. The first-order chi connectivity index (χ1) is 8.03. The topological polar surface area (TPSA) is 76.9 Å². The number of aryl methyl sites for hydroxylation is 1. The van der Waals surface area contributed by atoms with Gasteiger partial charge in [-0.1, -0.05) is 5.21 Å². The second kappa shape index (κ2) is 5.14. The van der Waals surface area contributed by atoms with Crippen LogP contribution in [0.2, 0.25) is 0 Å². The monoisotopic (exact) mass is 258 g/mol. The molecular formula is C10H18N4O2S. The van der Waals surface area contributed by atoms with Gasteiger partial charge in [0.2, 0.25) is 0 Å². The maximum Gasteiger partial charge on any atom is 0.149 e. The maximum absolute atomic E-state index is 11.0. The smallest absolute Gasteiger partial charge is 0.149 e. The van der Waals surface area contributed by atoms with Crippen molar-refractivity contribution in [3.63, 3.8) is 0 Å². The fourth-order valence-corrected chi connectivity index (χ4v) is 2.03. The zero-order valence-electron chi connectivity index (χ0n) is 9.96. The SMILES string of the molecule is CS(=O)(=O)CCn1cc(CNCC2CC2)nn1. The molecule has 0 unspecified atom stereocenters. The lowest BCUT2D eigenvalue weighted by molar-refractivity contribution is 0.579. The van der Waals surface area contributed by atoms with E-state index in [4.69, 9.17) is 0 Å². The molecule has 0 radical (unpaired) electrons. The van der Waals surface area contributed by atoms with Crippen LogP contribution in [0, 0.1) is 5.92 Å². The molecule has 96 valence electrons. The van der Waals surface area contributed by atoms with E-state index in [1.54, 1.807) is 10.9 Å². The largest absolute Gasteiger partial charge is 0.311 e. The summed E-state index contributed by atoms with van der Waals surface area (Å²) in [6.45, 7) is 2.11. The average molecular weight is 258 g/mol. The number of rotatable bonds is 7. The fraction of sp³-hybridized carbons (Fsp3) is 0.800. The van der Waals surface area contributed by atoms with Crippen LogP contribution in [0.25, 0.3) is 0 Å². The summed E-state index contributed by atoms with van der Waals surface area (Å²) in [6.07, 6.45) is 5.68. The summed E-state index contributed by atoms with van der Waals surface area (Å²) in [4.78, 5) is 0. The molecule has 7 heteroatoms. The first kappa shape index (κ1) is 12.5. The van der Waals surface area contributed by atoms with Crippen molar-refractivity contribution in [3.8, 4) is 0 Å². The number of hydrogen-bond acceptors (Lipinski definition) is 5. The quantitative estimate of drug-likeness (QED) is 0.734. The zero-order chi connectivity index (χ0) is 12.3. The Labute approximate surface area is 101 Å². The number of sulfone groups is 1. The zero-order valence-corrected chi connectivity index (χ0v) is 10.8. The van der Waals surface area contributed by atoms with Gasteiger partial charge in [-0.25, -0.2) is 8.42 Å². The molecule has 0 spiro atoms. The van der Waals surface area contributed by atoms with Gasteiger partial charge < -0.3 is 5.32 Å². The molecule has 1 saturated carbocycles. The maximum atomic E-state index is 11.0. The first-order valence-corrected chi connectivity index (χ1v) is 7.86. The average Bonchev–Trinajstić information content (AvgIpc) is 2.93. The molecule has 6 nitrogen and oxygen atoms in total. The van der Waals surface area contributed by atoms with Gasteiger partial charge in [0.15, 0.2) is 0 Å². The van der Waals surface area contributed by atoms with Crippen LogP contribution in [0.15, 0.2) is 6.20 Å². The third-order valence-electron chi connectivity index (χ3n) is 2.71. The molecule has 1 aromatic heterocycles. The molecule has 1 heterocycles. The fourth-order valence-electron chi connectivity index (χ4n) is 1.51. The summed E-state index contributed by atoms with van der Waals surface area (Å²) in [6, 6.07) is 0. The standard InChI is InChI=1S/C10H18N4O2S/c1-17(15,16)5-4-14-8-10(12-13-14)7-11-6-9-2-3-9/h8-9,11H,2-7H2,1H3. The van der Waals surface area contributed by atoms with Crippen LogP contribution in [-0.4, -0.2) is 42.0 Å². The normalized spacial score (nSPS) is 16.3. The van der Waals surface area contributed by atoms with E-state index in [1.165, 1.54) is 19.1 Å². The highest BCUT2D eigenvalue weighted by molar-refractivity contribution is 7.90. The Morgan fingerprint density at radius 2 is 2.29 bits per heavy atom. The number of aromatic nitrogens is 3. The Morgan fingerprint density at radius 1 is 1.53 bits per heavy atom. The van der Waals surface area contributed by atoms with Crippen molar-refractivity contribution < 1.29 is 8.42 Å². The summed E-state index contributed by atoms with van der Waals surface area (Å²) in [7, 11) is -2.94. The summed E-state index contributed by atoms with van der Waals surface area (Å²) in [5.41, 5.74) is 0.860. The molecule has 0 aliphatic heterocycles. The van der Waals surface area contributed by atoms with Crippen LogP contribution in [0.5, 0.6) is 0 Å². The first-order valence-electron chi connectivity index (χ1n) is 5.80. The predicted molar refractivity (Wildman–Crippen MR) is 64.2 cm³/mol. The van der Waals surface area contributed by atoms with Crippen LogP contribution in [0.3, 0.4) is 0 Å². The van der Waals surface area contributed by atoms with E-state index in [0.29, 0.717) is 13.1 Å². The van der Waals surface area contributed by atoms with Gasteiger partial charge in [0.1, 0.15) is 9.84 Å². The summed E-state index contributed by atoms with van der Waals surface area (Å²) in [5.74, 6) is 0.945. The van der Waals surface area contributed by atoms with Crippen molar-refractivity contribution in [1.82, 2.24) is 20.3 Å². The highest BCUT2D eigenvalue weighted by atomic mass is 32.2. The van der Waals surface area contributed by atoms with Crippen molar-refractivity contribution in [2.45, 2.75) is 25.9 Å². The summed E-state index contributed by atoms with van der Waals surface area (Å²) >= 11 is 0. The molecule has 0 bridgehead atoms. The Hall–Kier alpha value is -0.950. The molecule has 1 aliphatic carbocycles. The van der Waals surface area contributed by atoms with E-state index in [2.05, 4.69) is 15.6 Å². The highest BCUT2D eigenvalue weighted by Gasteiger charge is 2.20. The van der Waals surface area contributed by atoms with Crippen LogP contribution >= 0.6 is 0 Å². The van der Waals surface area contributed by atoms with Crippen molar-refractivity contribution in [2.75, 3.05) is 18.6 Å². The molecule has 1 aromatic rings. The van der Waals surface area contributed by atoms with E-state index in [0.717, 1.165) is 18.2 Å². The van der Waals surface area contributed by atoms with E-state index in [9.17, 15) is 8.42 Å². The number of hydrogen-bond donors (Lipinski definition) is 1. The third-order valence-corrected chi connectivity index (χ3v) is 3.64. The lowest BCUT2D eigenvalue weighted by Gasteiger charge is -1.99. The van der Waals surface area contributed by atoms with E-state index >= 15 is 0 Å². The van der Waals surface area contributed by atoms with Crippen molar-refractivity contribution in [2.24, 2.45) is 5.92 Å². The van der Waals surface area contributed by atoms with Gasteiger partial charge in [-0.05, 0) is 25.3 Å². The van der Waals surface area contributed by atoms with Crippen LogP contribution in [0.4, 0.5) is 0 Å². The Morgan fingerprint density at radius 3 is 2.94 bits per heavy atom. The predicted octanol–water partition coefficient (Wildman–Crippen LogP) is -0.178. The van der Waals surface area contributed by atoms with Crippen molar-refractivity contribution in [3.05, 3.63) is 11.9 Å². The molecule has 1 fully saturated rings. The Balaban J connectivity index is 1.74. The Kier molecular flexibility index (Phi) is 3.78. The lowest BCUT2D eigenvalue weighted by atomic mass is 10.4. The molecule has 1 aliphatic rings. The molecule has 2 rings (SSSR count). The Bertz CT molecular complexity index is 464. The van der Waals surface area contributed by atoms with Gasteiger partial charge in [-0.15, -0.1) is 5.10 Å². The summed E-state index contributed by atoms with van der Waals surface area (Å²) < 4.78 is 23.6. The molecule has 0 amide bonds. The number of nitrogens with one attached hydrogen (secondary N) is 1. The molecule has 0 saturated heterocycles. The van der Waals surface area contributed by atoms with Gasteiger partial charge in [0, 0.05) is 19.0 Å². The van der Waals surface area contributed by atoms with Gasteiger partial charge >= 0.3 is 0 Å². The minimum Gasteiger partial charge on any atom is -0.311 e. The van der Waals surface area contributed by atoms with Crippen LogP contribution in [0.1, 0.15) is 18.5 Å². The minimum atomic E-state index is -2.94. The third kappa shape index (κ3) is 4.82.